The van der Waals surface area contributed by atoms with Gasteiger partial charge in [0.15, 0.2) is 0 Å². The van der Waals surface area contributed by atoms with Crippen molar-refractivity contribution in [2.45, 2.75) is 32.9 Å². The Balaban J connectivity index is 1.62. The van der Waals surface area contributed by atoms with Crippen molar-refractivity contribution in [1.29, 1.82) is 0 Å². The first-order chi connectivity index (χ1) is 19.2. The molecule has 0 unspecified atom stereocenters. The van der Waals surface area contributed by atoms with Gasteiger partial charge >= 0.3 is 12.0 Å². The number of urea groups is 1. The maximum Gasteiger partial charge on any atom is 0.338 e. The van der Waals surface area contributed by atoms with E-state index in [-0.39, 0.29) is 24.6 Å². The summed E-state index contributed by atoms with van der Waals surface area (Å²) < 4.78 is 10.7. The van der Waals surface area contributed by atoms with Crippen LogP contribution in [0.15, 0.2) is 53.7 Å². The van der Waals surface area contributed by atoms with Crippen molar-refractivity contribution in [3.05, 3.63) is 74.9 Å². The minimum atomic E-state index is -0.755. The van der Waals surface area contributed by atoms with E-state index in [4.69, 9.17) is 32.7 Å². The van der Waals surface area contributed by atoms with Gasteiger partial charge in [0.05, 0.1) is 35.4 Å². The quantitative estimate of drug-likeness (QED) is 0.447. The van der Waals surface area contributed by atoms with Gasteiger partial charge in [-0.15, -0.1) is 0 Å². The average molecular weight is 590 g/mol. The van der Waals surface area contributed by atoms with Crippen molar-refractivity contribution in [3.8, 4) is 5.75 Å². The Hall–Kier alpha value is -3.27. The monoisotopic (exact) mass is 588 g/mol. The van der Waals surface area contributed by atoms with Gasteiger partial charge in [-0.1, -0.05) is 29.3 Å². The number of nitrogens with one attached hydrogen (secondary N) is 1. The molecular formula is C29H34Cl2N4O5. The Morgan fingerprint density at radius 2 is 1.77 bits per heavy atom. The van der Waals surface area contributed by atoms with Crippen LogP contribution in [0.1, 0.15) is 42.7 Å². The summed E-state index contributed by atoms with van der Waals surface area (Å²) >= 11 is 12.4. The fourth-order valence-corrected chi connectivity index (χ4v) is 5.50. The first kappa shape index (κ1) is 29.7. The Morgan fingerprint density at radius 1 is 1.05 bits per heavy atom. The van der Waals surface area contributed by atoms with E-state index in [1.165, 1.54) is 0 Å². The number of hydrogen-bond donors (Lipinski definition) is 1. The number of hydrogen-bond acceptors (Lipinski definition) is 6. The maximum absolute atomic E-state index is 13.4. The minimum absolute atomic E-state index is 0.0480. The predicted molar refractivity (Wildman–Crippen MR) is 154 cm³/mol. The molecule has 40 heavy (non-hydrogen) atoms. The van der Waals surface area contributed by atoms with Crippen LogP contribution in [0.3, 0.4) is 0 Å². The highest BCUT2D eigenvalue weighted by molar-refractivity contribution is 6.42. The third-order valence-corrected chi connectivity index (χ3v) is 7.95. The van der Waals surface area contributed by atoms with Crippen LogP contribution >= 0.6 is 23.2 Å². The molecule has 11 heteroatoms. The van der Waals surface area contributed by atoms with Crippen LogP contribution in [0.2, 0.25) is 10.0 Å². The number of nitrogens with zero attached hydrogens (tertiary/aromatic N) is 3. The van der Waals surface area contributed by atoms with E-state index in [1.54, 1.807) is 61.4 Å². The van der Waals surface area contributed by atoms with Crippen molar-refractivity contribution in [2.75, 3.05) is 46.4 Å². The Morgan fingerprint density at radius 3 is 2.38 bits per heavy atom. The molecule has 3 amide bonds. The molecule has 4 rings (SSSR count). The van der Waals surface area contributed by atoms with Crippen LogP contribution in [0.4, 0.5) is 4.79 Å². The highest BCUT2D eigenvalue weighted by Crippen LogP contribution is 2.35. The zero-order valence-electron chi connectivity index (χ0n) is 23.1. The maximum atomic E-state index is 13.4. The number of piperazine rings is 1. The van der Waals surface area contributed by atoms with Crippen LogP contribution in [0.25, 0.3) is 0 Å². The SMILES string of the molecule is CCOC(=O)C1=C(CN2CCN(C(=O)c3ccc(OC)cc3)[C@@H](C)C2)N(CC)C(=O)N[C@H]1c1ccc(Cl)c(Cl)c1. The van der Waals surface area contributed by atoms with Gasteiger partial charge in [-0.2, -0.15) is 0 Å². The molecule has 2 atom stereocenters. The number of methoxy groups -OCH3 is 1. The van der Waals surface area contributed by atoms with E-state index in [2.05, 4.69) is 10.2 Å². The summed E-state index contributed by atoms with van der Waals surface area (Å²) in [5, 5.41) is 3.64. The summed E-state index contributed by atoms with van der Waals surface area (Å²) in [7, 11) is 1.59. The van der Waals surface area contributed by atoms with Crippen LogP contribution in [-0.2, 0) is 9.53 Å². The number of esters is 1. The van der Waals surface area contributed by atoms with E-state index >= 15 is 0 Å². The molecule has 1 saturated heterocycles. The Kier molecular flexibility index (Phi) is 9.60. The third kappa shape index (κ3) is 6.22. The van der Waals surface area contributed by atoms with Crippen molar-refractivity contribution in [2.24, 2.45) is 0 Å². The van der Waals surface area contributed by atoms with Crippen LogP contribution in [0, 0.1) is 0 Å². The van der Waals surface area contributed by atoms with Gasteiger partial charge in [-0.3, -0.25) is 14.6 Å². The summed E-state index contributed by atoms with van der Waals surface area (Å²) in [6, 6.07) is 10.9. The lowest BCUT2D eigenvalue weighted by molar-refractivity contribution is -0.139. The zero-order chi connectivity index (χ0) is 29.0. The summed E-state index contributed by atoms with van der Waals surface area (Å²) in [6.07, 6.45) is 0. The summed E-state index contributed by atoms with van der Waals surface area (Å²) in [5.41, 5.74) is 2.15. The molecule has 0 saturated carbocycles. The molecule has 1 fully saturated rings. The molecular weight excluding hydrogens is 555 g/mol. The van der Waals surface area contributed by atoms with Gasteiger partial charge in [0.2, 0.25) is 0 Å². The van der Waals surface area contributed by atoms with E-state index in [9.17, 15) is 14.4 Å². The number of carbonyl (C=O) groups is 3. The number of likely N-dealkylation sites (N-methyl/N-ethyl adjacent to an activating group) is 1. The molecule has 2 aliphatic rings. The lowest BCUT2D eigenvalue weighted by atomic mass is 9.94. The molecule has 2 aromatic carbocycles. The number of rotatable bonds is 8. The molecule has 0 aromatic heterocycles. The van der Waals surface area contributed by atoms with Gasteiger partial charge in [0, 0.05) is 50.0 Å². The second-order valence-electron chi connectivity index (χ2n) is 9.69. The Labute approximate surface area is 244 Å². The summed E-state index contributed by atoms with van der Waals surface area (Å²) in [6.45, 7) is 8.13. The van der Waals surface area contributed by atoms with E-state index in [1.807, 2.05) is 18.7 Å². The van der Waals surface area contributed by atoms with E-state index < -0.39 is 12.0 Å². The van der Waals surface area contributed by atoms with Crippen LogP contribution in [0.5, 0.6) is 5.75 Å². The third-order valence-electron chi connectivity index (χ3n) is 7.21. The smallest absolute Gasteiger partial charge is 0.338 e. The summed E-state index contributed by atoms with van der Waals surface area (Å²) in [4.78, 5) is 45.4. The van der Waals surface area contributed by atoms with Gasteiger partial charge in [-0.05, 0) is 62.7 Å². The minimum Gasteiger partial charge on any atom is -0.497 e. The predicted octanol–water partition coefficient (Wildman–Crippen LogP) is 4.75. The summed E-state index contributed by atoms with van der Waals surface area (Å²) in [5.74, 6) is 0.137. The second kappa shape index (κ2) is 12.9. The van der Waals surface area contributed by atoms with Crippen molar-refractivity contribution in [3.63, 3.8) is 0 Å². The average Bonchev–Trinajstić information content (AvgIpc) is 2.94. The molecule has 1 N–H and O–H groups in total. The normalized spacial score (nSPS) is 19.9. The molecule has 0 bridgehead atoms. The first-order valence-electron chi connectivity index (χ1n) is 13.3. The molecule has 2 aromatic rings. The highest BCUT2D eigenvalue weighted by atomic mass is 35.5. The molecule has 0 spiro atoms. The van der Waals surface area contributed by atoms with Gasteiger partial charge in [-0.25, -0.2) is 9.59 Å². The van der Waals surface area contributed by atoms with E-state index in [0.29, 0.717) is 70.9 Å². The number of amides is 3. The van der Waals surface area contributed by atoms with Crippen molar-refractivity contribution >= 4 is 41.1 Å². The molecule has 0 aliphatic carbocycles. The lowest BCUT2D eigenvalue weighted by Gasteiger charge is -2.43. The molecule has 9 nitrogen and oxygen atoms in total. The topological polar surface area (TPSA) is 91.4 Å². The largest absolute Gasteiger partial charge is 0.497 e. The molecule has 2 aliphatic heterocycles. The second-order valence-corrected chi connectivity index (χ2v) is 10.5. The van der Waals surface area contributed by atoms with Crippen molar-refractivity contribution < 1.29 is 23.9 Å². The molecule has 2 heterocycles. The lowest BCUT2D eigenvalue weighted by Crippen LogP contribution is -2.56. The fraction of sp³-hybridized carbons (Fsp3) is 0.414. The van der Waals surface area contributed by atoms with Crippen molar-refractivity contribution in [1.82, 2.24) is 20.0 Å². The number of halogens is 2. The van der Waals surface area contributed by atoms with Gasteiger partial charge < -0.3 is 19.7 Å². The van der Waals surface area contributed by atoms with Crippen LogP contribution < -0.4 is 10.1 Å². The van der Waals surface area contributed by atoms with Crippen LogP contribution in [-0.4, -0.2) is 85.1 Å². The zero-order valence-corrected chi connectivity index (χ0v) is 24.6. The number of carbonyl (C=O) groups excluding carboxylic acids is 3. The van der Waals surface area contributed by atoms with E-state index in [0.717, 1.165) is 0 Å². The standard InChI is InChI=1S/C29H34Cl2N4O5/c1-5-34-24(17-33-13-14-35(18(3)16-33)27(36)19-7-10-21(39-4)11-8-19)25(28(37)40-6-2)26(32-29(34)38)20-9-12-22(30)23(31)15-20/h7-12,15,18,26H,5-6,13-14,16-17H2,1-4H3,(H,32,38)/t18-,26-/m0/s1. The number of ether oxygens (including phenoxy) is 2. The molecule has 214 valence electrons. The van der Waals surface area contributed by atoms with Gasteiger partial charge in [0.1, 0.15) is 5.75 Å². The molecule has 0 radical (unpaired) electrons. The first-order valence-corrected chi connectivity index (χ1v) is 14.0. The Bertz CT molecular complexity index is 1300. The highest BCUT2D eigenvalue weighted by Gasteiger charge is 2.39. The van der Waals surface area contributed by atoms with Gasteiger partial charge in [0.25, 0.3) is 5.91 Å². The number of benzene rings is 2. The fourth-order valence-electron chi connectivity index (χ4n) is 5.19.